The molecular weight excluding hydrogens is 263 g/mol. The monoisotopic (exact) mass is 276 g/mol. The zero-order chi connectivity index (χ0) is 8.81. The second-order valence-corrected chi connectivity index (χ2v) is 3.84. The predicted octanol–water partition coefficient (Wildman–Crippen LogP) is 2.94. The molecule has 0 fully saturated rings. The van der Waals surface area contributed by atoms with Gasteiger partial charge in [-0.05, 0) is 22.8 Å². The molecule has 1 aromatic carbocycles. The van der Waals surface area contributed by atoms with Crippen LogP contribution in [0.25, 0.3) is 0 Å². The van der Waals surface area contributed by atoms with E-state index < -0.39 is 0 Å². The van der Waals surface area contributed by atoms with Crippen LogP contribution in [0.1, 0.15) is 24.5 Å². The summed E-state index contributed by atoms with van der Waals surface area (Å²) in [6.07, 6.45) is 1.67. The van der Waals surface area contributed by atoms with Crippen molar-refractivity contribution in [2.75, 3.05) is 4.43 Å². The number of alkyl halides is 1. The van der Waals surface area contributed by atoms with Gasteiger partial charge in [-0.15, -0.1) is 0 Å². The molecule has 0 bridgehead atoms. The maximum Gasteiger partial charge on any atom is 0.0790 e. The van der Waals surface area contributed by atoms with Gasteiger partial charge in [-0.3, -0.25) is 0 Å². The van der Waals surface area contributed by atoms with Crippen molar-refractivity contribution >= 4 is 22.6 Å². The highest BCUT2D eigenvalue weighted by Gasteiger charge is 2.04. The lowest BCUT2D eigenvalue weighted by Gasteiger charge is -2.08. The molecule has 0 heterocycles. The second kappa shape index (κ2) is 5.54. The van der Waals surface area contributed by atoms with Gasteiger partial charge in [0.2, 0.25) is 0 Å². The van der Waals surface area contributed by atoms with Gasteiger partial charge in [-0.25, -0.2) is 0 Å². The maximum absolute atomic E-state index is 9.65. The summed E-state index contributed by atoms with van der Waals surface area (Å²) in [6.45, 7) is 0. The lowest BCUT2D eigenvalue weighted by Crippen LogP contribution is -1.96. The third-order valence-electron chi connectivity index (χ3n) is 1.80. The second-order valence-electron chi connectivity index (χ2n) is 2.76. The fourth-order valence-electron chi connectivity index (χ4n) is 1.11. The van der Waals surface area contributed by atoms with Gasteiger partial charge in [-0.2, -0.15) is 0 Å². The van der Waals surface area contributed by atoms with E-state index in [0.717, 1.165) is 22.8 Å². The van der Waals surface area contributed by atoms with Crippen LogP contribution in [0.5, 0.6) is 0 Å². The van der Waals surface area contributed by atoms with E-state index in [-0.39, 0.29) is 6.10 Å². The molecule has 1 aromatic rings. The van der Waals surface area contributed by atoms with E-state index in [1.807, 2.05) is 30.3 Å². The molecule has 0 aliphatic rings. The first-order valence-corrected chi connectivity index (χ1v) is 5.66. The summed E-state index contributed by atoms with van der Waals surface area (Å²) in [5, 5.41) is 9.65. The van der Waals surface area contributed by atoms with Crippen LogP contribution in [0.2, 0.25) is 0 Å². The van der Waals surface area contributed by atoms with Crippen LogP contribution in [0.3, 0.4) is 0 Å². The lowest BCUT2D eigenvalue weighted by atomic mass is 10.1. The van der Waals surface area contributed by atoms with Crippen LogP contribution in [0.15, 0.2) is 30.3 Å². The van der Waals surface area contributed by atoms with E-state index in [2.05, 4.69) is 22.6 Å². The Kier molecular flexibility index (Phi) is 4.61. The van der Waals surface area contributed by atoms with E-state index >= 15 is 0 Å². The van der Waals surface area contributed by atoms with Crippen molar-refractivity contribution in [1.82, 2.24) is 0 Å². The Labute approximate surface area is 86.9 Å². The van der Waals surface area contributed by atoms with Crippen molar-refractivity contribution in [3.8, 4) is 0 Å². The molecule has 0 radical (unpaired) electrons. The number of hydrogen-bond donors (Lipinski definition) is 1. The van der Waals surface area contributed by atoms with Gasteiger partial charge >= 0.3 is 0 Å². The summed E-state index contributed by atoms with van der Waals surface area (Å²) in [7, 11) is 0. The number of halogens is 1. The van der Waals surface area contributed by atoms with Crippen molar-refractivity contribution in [2.24, 2.45) is 0 Å². The Balaban J connectivity index is 2.48. The summed E-state index contributed by atoms with van der Waals surface area (Å²) in [5.41, 5.74) is 1.03. The lowest BCUT2D eigenvalue weighted by molar-refractivity contribution is 0.167. The standard InChI is InChI=1S/C10H13IO/c11-8-4-7-10(12)9-5-2-1-3-6-9/h1-3,5-6,10,12H,4,7-8H2. The molecule has 0 saturated heterocycles. The Hall–Kier alpha value is -0.0900. The minimum absolute atomic E-state index is 0.277. The molecule has 0 aliphatic heterocycles. The van der Waals surface area contributed by atoms with Crippen LogP contribution in [-0.2, 0) is 0 Å². The van der Waals surface area contributed by atoms with Gasteiger partial charge < -0.3 is 5.11 Å². The van der Waals surface area contributed by atoms with Crippen molar-refractivity contribution < 1.29 is 5.11 Å². The molecule has 0 amide bonds. The smallest absolute Gasteiger partial charge is 0.0790 e. The average Bonchev–Trinajstić information content (AvgIpc) is 2.15. The Morgan fingerprint density at radius 3 is 2.50 bits per heavy atom. The third kappa shape index (κ3) is 3.11. The Bertz CT molecular complexity index is 210. The predicted molar refractivity (Wildman–Crippen MR) is 59.5 cm³/mol. The largest absolute Gasteiger partial charge is 0.388 e. The van der Waals surface area contributed by atoms with Crippen LogP contribution in [0.4, 0.5) is 0 Å². The Morgan fingerprint density at radius 1 is 1.25 bits per heavy atom. The highest BCUT2D eigenvalue weighted by Crippen LogP contribution is 2.17. The van der Waals surface area contributed by atoms with Crippen molar-refractivity contribution in [3.05, 3.63) is 35.9 Å². The number of rotatable bonds is 4. The number of aliphatic hydroxyl groups is 1. The summed E-state index contributed by atoms with van der Waals surface area (Å²) in [5.74, 6) is 0. The summed E-state index contributed by atoms with van der Waals surface area (Å²) in [4.78, 5) is 0. The van der Waals surface area contributed by atoms with Crippen LogP contribution in [-0.4, -0.2) is 9.53 Å². The van der Waals surface area contributed by atoms with Crippen molar-refractivity contribution in [2.45, 2.75) is 18.9 Å². The van der Waals surface area contributed by atoms with Gasteiger partial charge in [0.05, 0.1) is 6.10 Å². The molecule has 0 spiro atoms. The Morgan fingerprint density at radius 2 is 1.92 bits per heavy atom. The van der Waals surface area contributed by atoms with E-state index in [1.54, 1.807) is 0 Å². The minimum Gasteiger partial charge on any atom is -0.388 e. The molecule has 1 rings (SSSR count). The van der Waals surface area contributed by atoms with E-state index in [4.69, 9.17) is 0 Å². The molecule has 1 nitrogen and oxygen atoms in total. The van der Waals surface area contributed by atoms with Crippen LogP contribution in [0, 0.1) is 0 Å². The normalized spacial score (nSPS) is 12.8. The number of aliphatic hydroxyl groups excluding tert-OH is 1. The zero-order valence-electron chi connectivity index (χ0n) is 6.91. The molecule has 1 atom stereocenters. The first kappa shape index (κ1) is 9.99. The SMILES string of the molecule is OC(CCCI)c1ccccc1. The third-order valence-corrected chi connectivity index (χ3v) is 2.56. The molecule has 2 heteroatoms. The average molecular weight is 276 g/mol. The number of hydrogen-bond acceptors (Lipinski definition) is 1. The first-order chi connectivity index (χ1) is 5.84. The molecule has 12 heavy (non-hydrogen) atoms. The van der Waals surface area contributed by atoms with Crippen LogP contribution < -0.4 is 0 Å². The van der Waals surface area contributed by atoms with Gasteiger partial charge in [0, 0.05) is 0 Å². The maximum atomic E-state index is 9.65. The first-order valence-electron chi connectivity index (χ1n) is 4.13. The topological polar surface area (TPSA) is 20.2 Å². The van der Waals surface area contributed by atoms with E-state index in [9.17, 15) is 5.11 Å². The fourth-order valence-corrected chi connectivity index (χ4v) is 1.55. The molecule has 0 aliphatic carbocycles. The van der Waals surface area contributed by atoms with Crippen molar-refractivity contribution in [3.63, 3.8) is 0 Å². The molecule has 1 N–H and O–H groups in total. The molecular formula is C10H13IO. The van der Waals surface area contributed by atoms with Gasteiger partial charge in [0.15, 0.2) is 0 Å². The summed E-state index contributed by atoms with van der Waals surface area (Å²) >= 11 is 2.33. The molecule has 1 unspecified atom stereocenters. The highest BCUT2D eigenvalue weighted by molar-refractivity contribution is 14.1. The van der Waals surface area contributed by atoms with Gasteiger partial charge in [0.25, 0.3) is 0 Å². The zero-order valence-corrected chi connectivity index (χ0v) is 9.07. The van der Waals surface area contributed by atoms with E-state index in [0.29, 0.717) is 0 Å². The fraction of sp³-hybridized carbons (Fsp3) is 0.400. The molecule has 66 valence electrons. The highest BCUT2D eigenvalue weighted by atomic mass is 127. The quantitative estimate of drug-likeness (QED) is 0.662. The summed E-state index contributed by atoms with van der Waals surface area (Å²) in [6, 6.07) is 9.83. The number of benzene rings is 1. The van der Waals surface area contributed by atoms with E-state index in [1.165, 1.54) is 0 Å². The molecule has 0 aromatic heterocycles. The summed E-state index contributed by atoms with van der Waals surface area (Å²) < 4.78 is 1.11. The van der Waals surface area contributed by atoms with Gasteiger partial charge in [0.1, 0.15) is 0 Å². The van der Waals surface area contributed by atoms with Crippen molar-refractivity contribution in [1.29, 1.82) is 0 Å². The molecule has 0 saturated carbocycles. The minimum atomic E-state index is -0.277. The van der Waals surface area contributed by atoms with Gasteiger partial charge in [-0.1, -0.05) is 52.9 Å². The van der Waals surface area contributed by atoms with Crippen LogP contribution >= 0.6 is 22.6 Å².